The molecule has 1 aliphatic rings. The van der Waals surface area contributed by atoms with E-state index in [2.05, 4.69) is 32.8 Å². The number of thioether (sulfide) groups is 1. The number of rotatable bonds is 7. The number of nitrogens with two attached hydrogens (primary N) is 1. The van der Waals surface area contributed by atoms with E-state index in [1.54, 1.807) is 30.2 Å². The number of halogens is 1. The fraction of sp³-hybridized carbons (Fsp3) is 0.474. The van der Waals surface area contributed by atoms with Crippen molar-refractivity contribution in [2.45, 2.75) is 11.8 Å². The first-order valence-electron chi connectivity index (χ1n) is 9.12. The number of piperazine rings is 1. The molecule has 1 aromatic heterocycles. The molecule has 0 aliphatic carbocycles. The third kappa shape index (κ3) is 6.41. The number of aliphatic imine (C=N–C) groups is 1. The number of hydrogen-bond donors (Lipinski definition) is 1. The van der Waals surface area contributed by atoms with Crippen LogP contribution in [0.1, 0.15) is 6.92 Å². The SMILES string of the molecule is COc1ccccc1SCC(C)CN=C(N)N1CCN(c2nccs2)CC1.I. The van der Waals surface area contributed by atoms with Crippen LogP contribution in [0, 0.1) is 5.92 Å². The van der Waals surface area contributed by atoms with Crippen molar-refractivity contribution in [2.75, 3.05) is 50.5 Å². The quantitative estimate of drug-likeness (QED) is 0.254. The van der Waals surface area contributed by atoms with Gasteiger partial charge in [0.15, 0.2) is 11.1 Å². The van der Waals surface area contributed by atoms with Crippen LogP contribution in [0.25, 0.3) is 0 Å². The predicted octanol–water partition coefficient (Wildman–Crippen LogP) is 3.63. The summed E-state index contributed by atoms with van der Waals surface area (Å²) in [5.41, 5.74) is 6.23. The van der Waals surface area contributed by atoms with Crippen LogP contribution >= 0.6 is 47.1 Å². The molecule has 1 atom stereocenters. The molecule has 1 fully saturated rings. The highest BCUT2D eigenvalue weighted by molar-refractivity contribution is 14.0. The molecule has 0 saturated carbocycles. The minimum Gasteiger partial charge on any atom is -0.496 e. The summed E-state index contributed by atoms with van der Waals surface area (Å²) in [6.45, 7) is 6.59. The zero-order valence-electron chi connectivity index (χ0n) is 16.3. The number of methoxy groups -OCH3 is 1. The van der Waals surface area contributed by atoms with Gasteiger partial charge in [-0.15, -0.1) is 47.1 Å². The molecule has 28 heavy (non-hydrogen) atoms. The Kier molecular flexibility index (Phi) is 9.66. The summed E-state index contributed by atoms with van der Waals surface area (Å²) in [4.78, 5) is 14.7. The van der Waals surface area contributed by atoms with Gasteiger partial charge in [-0.1, -0.05) is 19.1 Å². The molecule has 1 aromatic carbocycles. The average molecular weight is 534 g/mol. The number of para-hydroxylation sites is 1. The van der Waals surface area contributed by atoms with Gasteiger partial charge in [-0.05, 0) is 18.1 Å². The second-order valence-corrected chi connectivity index (χ2v) is 8.49. The van der Waals surface area contributed by atoms with E-state index in [4.69, 9.17) is 10.5 Å². The number of hydrogen-bond acceptors (Lipinski definition) is 6. The lowest BCUT2D eigenvalue weighted by molar-refractivity contribution is 0.380. The minimum atomic E-state index is 0. The Bertz CT molecular complexity index is 736. The van der Waals surface area contributed by atoms with Gasteiger partial charge in [0, 0.05) is 54.9 Å². The monoisotopic (exact) mass is 533 g/mol. The number of anilines is 1. The van der Waals surface area contributed by atoms with Crippen LogP contribution < -0.4 is 15.4 Å². The van der Waals surface area contributed by atoms with Gasteiger partial charge in [-0.3, -0.25) is 4.99 Å². The maximum atomic E-state index is 6.23. The third-order valence-electron chi connectivity index (χ3n) is 4.45. The standard InChI is InChI=1S/C19H27N5OS2.HI/c1-15(14-27-17-6-4-3-5-16(17)25-2)13-22-18(20)23-8-10-24(11-9-23)19-21-7-12-26-19;/h3-7,12,15H,8-11,13-14H2,1-2H3,(H2,20,22);1H. The molecule has 0 amide bonds. The lowest BCUT2D eigenvalue weighted by Gasteiger charge is -2.35. The molecule has 1 unspecified atom stereocenters. The number of guanidine groups is 1. The maximum Gasteiger partial charge on any atom is 0.191 e. The highest BCUT2D eigenvalue weighted by Gasteiger charge is 2.20. The molecule has 2 heterocycles. The molecule has 9 heteroatoms. The van der Waals surface area contributed by atoms with Crippen molar-refractivity contribution in [1.82, 2.24) is 9.88 Å². The van der Waals surface area contributed by atoms with E-state index in [0.717, 1.165) is 49.4 Å². The molecule has 0 spiro atoms. The molecule has 2 aromatic rings. The smallest absolute Gasteiger partial charge is 0.191 e. The van der Waals surface area contributed by atoms with Crippen molar-refractivity contribution in [3.05, 3.63) is 35.8 Å². The molecular formula is C19H28IN5OS2. The Balaban J connectivity index is 0.00000280. The van der Waals surface area contributed by atoms with Crippen LogP contribution in [0.4, 0.5) is 5.13 Å². The van der Waals surface area contributed by atoms with Crippen molar-refractivity contribution in [2.24, 2.45) is 16.6 Å². The van der Waals surface area contributed by atoms with E-state index < -0.39 is 0 Å². The summed E-state index contributed by atoms with van der Waals surface area (Å²) in [5.74, 6) is 3.00. The van der Waals surface area contributed by atoms with Gasteiger partial charge in [-0.2, -0.15) is 0 Å². The Morgan fingerprint density at radius 3 is 2.75 bits per heavy atom. The van der Waals surface area contributed by atoms with Crippen LogP contribution in [-0.2, 0) is 0 Å². The molecule has 0 radical (unpaired) electrons. The Morgan fingerprint density at radius 2 is 2.07 bits per heavy atom. The van der Waals surface area contributed by atoms with Gasteiger partial charge < -0.3 is 20.3 Å². The molecule has 154 valence electrons. The van der Waals surface area contributed by atoms with Crippen molar-refractivity contribution >= 4 is 58.2 Å². The van der Waals surface area contributed by atoms with Crippen LogP contribution in [-0.4, -0.2) is 61.4 Å². The molecule has 6 nitrogen and oxygen atoms in total. The zero-order chi connectivity index (χ0) is 19.1. The van der Waals surface area contributed by atoms with Crippen molar-refractivity contribution in [1.29, 1.82) is 0 Å². The van der Waals surface area contributed by atoms with Crippen LogP contribution in [0.3, 0.4) is 0 Å². The number of ether oxygens (including phenoxy) is 1. The minimum absolute atomic E-state index is 0. The number of benzene rings is 1. The van der Waals surface area contributed by atoms with Crippen molar-refractivity contribution < 1.29 is 4.74 Å². The molecular weight excluding hydrogens is 505 g/mol. The summed E-state index contributed by atoms with van der Waals surface area (Å²) >= 11 is 3.49. The largest absolute Gasteiger partial charge is 0.496 e. The molecule has 3 rings (SSSR count). The highest BCUT2D eigenvalue weighted by atomic mass is 127. The van der Waals surface area contributed by atoms with E-state index in [-0.39, 0.29) is 24.0 Å². The van der Waals surface area contributed by atoms with E-state index >= 15 is 0 Å². The van der Waals surface area contributed by atoms with Gasteiger partial charge in [0.2, 0.25) is 0 Å². The summed E-state index contributed by atoms with van der Waals surface area (Å²) in [6.07, 6.45) is 1.85. The van der Waals surface area contributed by atoms with Gasteiger partial charge in [-0.25, -0.2) is 4.98 Å². The average Bonchev–Trinajstić information content (AvgIpc) is 3.25. The lowest BCUT2D eigenvalue weighted by atomic mass is 10.2. The second kappa shape index (κ2) is 11.7. The normalized spacial score (nSPS) is 15.9. The molecule has 2 N–H and O–H groups in total. The summed E-state index contributed by atoms with van der Waals surface area (Å²) < 4.78 is 5.41. The summed E-state index contributed by atoms with van der Waals surface area (Å²) in [7, 11) is 1.71. The number of aromatic nitrogens is 1. The third-order valence-corrected chi connectivity index (χ3v) is 6.67. The van der Waals surface area contributed by atoms with Gasteiger partial charge in [0.25, 0.3) is 0 Å². The fourth-order valence-electron chi connectivity index (χ4n) is 2.87. The predicted molar refractivity (Wildman–Crippen MR) is 131 cm³/mol. The molecule has 1 aliphatic heterocycles. The first kappa shape index (κ1) is 23.1. The van der Waals surface area contributed by atoms with Crippen LogP contribution in [0.5, 0.6) is 5.75 Å². The highest BCUT2D eigenvalue weighted by Crippen LogP contribution is 2.30. The lowest BCUT2D eigenvalue weighted by Crippen LogP contribution is -2.51. The van der Waals surface area contributed by atoms with Crippen molar-refractivity contribution in [3.63, 3.8) is 0 Å². The van der Waals surface area contributed by atoms with Gasteiger partial charge in [0.05, 0.1) is 7.11 Å². The van der Waals surface area contributed by atoms with Gasteiger partial charge >= 0.3 is 0 Å². The summed E-state index contributed by atoms with van der Waals surface area (Å²) in [6, 6.07) is 8.12. The first-order valence-corrected chi connectivity index (χ1v) is 11.0. The number of nitrogens with zero attached hydrogens (tertiary/aromatic N) is 4. The fourth-order valence-corrected chi connectivity index (χ4v) is 4.61. The van der Waals surface area contributed by atoms with Gasteiger partial charge in [0.1, 0.15) is 5.75 Å². The van der Waals surface area contributed by atoms with E-state index in [9.17, 15) is 0 Å². The maximum absolute atomic E-state index is 6.23. The first-order chi connectivity index (χ1) is 13.2. The molecule has 1 saturated heterocycles. The van der Waals surface area contributed by atoms with Crippen LogP contribution in [0.2, 0.25) is 0 Å². The van der Waals surface area contributed by atoms with Crippen molar-refractivity contribution in [3.8, 4) is 5.75 Å². The van der Waals surface area contributed by atoms with E-state index in [0.29, 0.717) is 11.9 Å². The Morgan fingerprint density at radius 1 is 1.32 bits per heavy atom. The van der Waals surface area contributed by atoms with Crippen LogP contribution in [0.15, 0.2) is 45.7 Å². The van der Waals surface area contributed by atoms with E-state index in [1.165, 1.54) is 4.90 Å². The molecule has 0 bridgehead atoms. The Labute approximate surface area is 192 Å². The van der Waals surface area contributed by atoms with E-state index in [1.807, 2.05) is 29.8 Å². The Hall–Kier alpha value is -1.20. The summed E-state index contributed by atoms with van der Waals surface area (Å²) in [5, 5.41) is 3.11. The number of thiazole rings is 1. The topological polar surface area (TPSA) is 67.0 Å². The zero-order valence-corrected chi connectivity index (χ0v) is 20.2. The second-order valence-electron chi connectivity index (χ2n) is 6.55.